The van der Waals surface area contributed by atoms with E-state index in [1.807, 2.05) is 18.0 Å². The molecule has 20 heavy (non-hydrogen) atoms. The maximum absolute atomic E-state index is 12.0. The molecule has 6 heteroatoms. The number of aliphatic carboxylic acids is 1. The highest BCUT2D eigenvalue weighted by Gasteiger charge is 2.48. The van der Waals surface area contributed by atoms with E-state index in [4.69, 9.17) is 5.11 Å². The molecule has 0 aromatic carbocycles. The number of amides is 1. The van der Waals surface area contributed by atoms with Crippen LogP contribution in [0.4, 0.5) is 0 Å². The zero-order valence-corrected chi connectivity index (χ0v) is 12.2. The molecule has 3 rings (SSSR count). The topological polar surface area (TPSA) is 78.8 Å². The van der Waals surface area contributed by atoms with Gasteiger partial charge in [0.2, 0.25) is 5.91 Å². The van der Waals surface area contributed by atoms with Crippen molar-refractivity contribution in [3.05, 3.63) is 10.6 Å². The Balaban J connectivity index is 1.55. The average Bonchev–Trinajstić information content (AvgIpc) is 2.82. The minimum Gasteiger partial charge on any atom is -0.480 e. The summed E-state index contributed by atoms with van der Waals surface area (Å²) in [5, 5.41) is 12.5. The van der Waals surface area contributed by atoms with Crippen LogP contribution in [0.3, 0.4) is 0 Å². The molecule has 0 unspecified atom stereocenters. The molecule has 1 amide bonds. The number of nitrogens with zero attached hydrogens (tertiary/aromatic N) is 1. The summed E-state index contributed by atoms with van der Waals surface area (Å²) in [6, 6.07) is -0.820. The summed E-state index contributed by atoms with van der Waals surface area (Å²) in [6.07, 6.45) is 5.74. The van der Waals surface area contributed by atoms with Gasteiger partial charge in [-0.05, 0) is 38.2 Å². The van der Waals surface area contributed by atoms with Crippen molar-refractivity contribution in [2.24, 2.45) is 16.3 Å². The number of carbonyl (C=O) groups is 2. The summed E-state index contributed by atoms with van der Waals surface area (Å²) in [7, 11) is 0. The summed E-state index contributed by atoms with van der Waals surface area (Å²) >= 11 is 1.82. The molecule has 1 aliphatic carbocycles. The van der Waals surface area contributed by atoms with Gasteiger partial charge in [-0.25, -0.2) is 0 Å². The quantitative estimate of drug-likeness (QED) is 0.832. The van der Waals surface area contributed by atoms with Crippen LogP contribution in [0.25, 0.3) is 0 Å². The lowest BCUT2D eigenvalue weighted by molar-refractivity contribution is -0.143. The number of nitrogens with one attached hydrogen (secondary N) is 1. The zero-order valence-electron chi connectivity index (χ0n) is 11.4. The molecule has 108 valence electrons. The summed E-state index contributed by atoms with van der Waals surface area (Å²) < 4.78 is 0. The number of rotatable bonds is 3. The second kappa shape index (κ2) is 4.91. The van der Waals surface area contributed by atoms with Crippen LogP contribution in [0, 0.1) is 11.3 Å². The normalized spacial score (nSPS) is 32.8. The lowest BCUT2D eigenvalue weighted by atomic mass is 9.59. The Morgan fingerprint density at radius 1 is 1.55 bits per heavy atom. The lowest BCUT2D eigenvalue weighted by Gasteiger charge is -2.46. The van der Waals surface area contributed by atoms with Crippen molar-refractivity contribution in [2.75, 3.05) is 5.75 Å². The molecule has 0 aromatic heterocycles. The predicted molar refractivity (Wildman–Crippen MR) is 77.6 cm³/mol. The third-order valence-corrected chi connectivity index (χ3v) is 5.45. The van der Waals surface area contributed by atoms with E-state index in [1.165, 1.54) is 17.5 Å². The van der Waals surface area contributed by atoms with Crippen LogP contribution in [-0.2, 0) is 9.59 Å². The van der Waals surface area contributed by atoms with E-state index in [9.17, 15) is 9.59 Å². The first kappa shape index (κ1) is 13.7. The number of thioether (sulfide) groups is 1. The van der Waals surface area contributed by atoms with Gasteiger partial charge in [-0.3, -0.25) is 14.6 Å². The fraction of sp³-hybridized carbons (Fsp3) is 0.643. The third kappa shape index (κ3) is 2.37. The van der Waals surface area contributed by atoms with Crippen LogP contribution in [-0.4, -0.2) is 35.0 Å². The molecular weight excluding hydrogens is 276 g/mol. The largest absolute Gasteiger partial charge is 0.480 e. The maximum atomic E-state index is 12.0. The van der Waals surface area contributed by atoms with Crippen LogP contribution in [0.2, 0.25) is 0 Å². The molecular formula is C14H18N2O3S. The van der Waals surface area contributed by atoms with Gasteiger partial charge in [0, 0.05) is 23.3 Å². The highest BCUT2D eigenvalue weighted by atomic mass is 32.2. The van der Waals surface area contributed by atoms with E-state index in [0.717, 1.165) is 31.4 Å². The molecule has 2 heterocycles. The van der Waals surface area contributed by atoms with Gasteiger partial charge >= 0.3 is 5.97 Å². The number of hydrogen-bond acceptors (Lipinski definition) is 4. The first-order valence-electron chi connectivity index (χ1n) is 6.92. The molecule has 1 spiro atoms. The summed E-state index contributed by atoms with van der Waals surface area (Å²) in [4.78, 5) is 27.2. The van der Waals surface area contributed by atoms with Gasteiger partial charge in [0.05, 0.1) is 5.03 Å². The molecule has 2 aliphatic heterocycles. The number of carboxylic acids is 1. The minimum atomic E-state index is -0.996. The Hall–Kier alpha value is -1.30. The Kier molecular flexibility index (Phi) is 3.36. The molecule has 1 saturated carbocycles. The van der Waals surface area contributed by atoms with E-state index in [2.05, 4.69) is 10.3 Å². The minimum absolute atomic E-state index is 0.0538. The van der Waals surface area contributed by atoms with E-state index >= 15 is 0 Å². The van der Waals surface area contributed by atoms with Crippen molar-refractivity contribution in [1.82, 2.24) is 5.32 Å². The van der Waals surface area contributed by atoms with Crippen molar-refractivity contribution in [3.8, 4) is 0 Å². The van der Waals surface area contributed by atoms with Crippen LogP contribution in [0.15, 0.2) is 15.6 Å². The highest BCUT2D eigenvalue weighted by molar-refractivity contribution is 8.03. The van der Waals surface area contributed by atoms with Gasteiger partial charge in [0.15, 0.2) is 0 Å². The number of allylic oxidation sites excluding steroid dienone is 1. The second-order valence-electron chi connectivity index (χ2n) is 5.98. The van der Waals surface area contributed by atoms with E-state index < -0.39 is 12.0 Å². The second-order valence-corrected chi connectivity index (χ2v) is 7.06. The number of carboxylic acid groups (broad SMARTS) is 1. The predicted octanol–water partition coefficient (Wildman–Crippen LogP) is 1.80. The van der Waals surface area contributed by atoms with Crippen LogP contribution >= 0.6 is 11.8 Å². The van der Waals surface area contributed by atoms with Gasteiger partial charge in [-0.15, -0.1) is 11.8 Å². The van der Waals surface area contributed by atoms with Gasteiger partial charge in [-0.2, -0.15) is 0 Å². The van der Waals surface area contributed by atoms with E-state index in [1.54, 1.807) is 0 Å². The molecule has 2 N–H and O–H groups in total. The van der Waals surface area contributed by atoms with Crippen LogP contribution in [0.1, 0.15) is 32.6 Å². The number of aliphatic imine (C=N–C) groups is 1. The number of hydrogen-bond donors (Lipinski definition) is 2. The standard InChI is InChI=1S/C14H18N2O3S/c1-8(13(18)19)16-11(17)10-5-14(6-10)4-9-2-3-20-12(9)15-7-14/h7-8,10H,2-6H2,1H3,(H,16,17)(H,18,19)/t8-,10?,14?/m0/s1. The Labute approximate surface area is 121 Å². The molecule has 3 aliphatic rings. The Morgan fingerprint density at radius 3 is 3.00 bits per heavy atom. The van der Waals surface area contributed by atoms with Gasteiger partial charge < -0.3 is 10.4 Å². The average molecular weight is 294 g/mol. The number of carbonyl (C=O) groups excluding carboxylic acids is 1. The first-order chi connectivity index (χ1) is 9.49. The van der Waals surface area contributed by atoms with E-state index in [-0.39, 0.29) is 17.2 Å². The maximum Gasteiger partial charge on any atom is 0.325 e. The Morgan fingerprint density at radius 2 is 2.30 bits per heavy atom. The SMILES string of the molecule is C[C@H](NC(=O)C1CC2(C=NC3=C(CCS3)C2)C1)C(=O)O. The monoisotopic (exact) mass is 294 g/mol. The summed E-state index contributed by atoms with van der Waals surface area (Å²) in [6.45, 7) is 1.49. The van der Waals surface area contributed by atoms with Crippen molar-refractivity contribution in [2.45, 2.75) is 38.6 Å². The van der Waals surface area contributed by atoms with Crippen molar-refractivity contribution >= 4 is 29.9 Å². The molecule has 1 fully saturated rings. The first-order valence-corrected chi connectivity index (χ1v) is 7.91. The molecule has 5 nitrogen and oxygen atoms in total. The van der Waals surface area contributed by atoms with Crippen molar-refractivity contribution in [1.29, 1.82) is 0 Å². The molecule has 0 bridgehead atoms. The third-order valence-electron chi connectivity index (χ3n) is 4.37. The van der Waals surface area contributed by atoms with Crippen molar-refractivity contribution < 1.29 is 14.7 Å². The van der Waals surface area contributed by atoms with Gasteiger partial charge in [-0.1, -0.05) is 0 Å². The van der Waals surface area contributed by atoms with Gasteiger partial charge in [0.1, 0.15) is 6.04 Å². The molecule has 0 radical (unpaired) electrons. The fourth-order valence-electron chi connectivity index (χ4n) is 3.19. The van der Waals surface area contributed by atoms with Gasteiger partial charge in [0.25, 0.3) is 0 Å². The molecule has 0 aromatic rings. The molecule has 0 saturated heterocycles. The Bertz CT molecular complexity index is 521. The molecule has 1 atom stereocenters. The van der Waals surface area contributed by atoms with Crippen LogP contribution < -0.4 is 5.32 Å². The lowest BCUT2D eigenvalue weighted by Crippen LogP contribution is -2.50. The highest BCUT2D eigenvalue weighted by Crippen LogP contribution is 2.53. The van der Waals surface area contributed by atoms with Crippen molar-refractivity contribution in [3.63, 3.8) is 0 Å². The zero-order chi connectivity index (χ0) is 14.3. The van der Waals surface area contributed by atoms with E-state index in [0.29, 0.717) is 0 Å². The smallest absolute Gasteiger partial charge is 0.325 e. The fourth-order valence-corrected chi connectivity index (χ4v) is 4.24. The summed E-state index contributed by atoms with van der Waals surface area (Å²) in [5.41, 5.74) is 1.49. The van der Waals surface area contributed by atoms with Crippen LogP contribution in [0.5, 0.6) is 0 Å². The summed E-state index contributed by atoms with van der Waals surface area (Å²) in [5.74, 6) is -0.0821.